The van der Waals surface area contributed by atoms with Crippen molar-refractivity contribution < 1.29 is 0 Å². The first-order chi connectivity index (χ1) is 6.83. The minimum Gasteiger partial charge on any atom is -0.397 e. The van der Waals surface area contributed by atoms with Crippen LogP contribution in [-0.2, 0) is 6.54 Å². The van der Waals surface area contributed by atoms with Crippen molar-refractivity contribution in [1.82, 2.24) is 14.5 Å². The Morgan fingerprint density at radius 3 is 2.93 bits per heavy atom. The van der Waals surface area contributed by atoms with E-state index in [1.54, 1.807) is 12.4 Å². The molecule has 0 fully saturated rings. The molecule has 2 aromatic heterocycles. The van der Waals surface area contributed by atoms with Crippen molar-refractivity contribution in [2.24, 2.45) is 0 Å². The van der Waals surface area contributed by atoms with Crippen molar-refractivity contribution in [3.05, 3.63) is 30.7 Å². The van der Waals surface area contributed by atoms with Gasteiger partial charge < -0.3 is 10.3 Å². The molecular weight excluding hydrogens is 176 g/mol. The molecule has 72 valence electrons. The molecule has 4 heteroatoms. The molecule has 0 aromatic carbocycles. The van der Waals surface area contributed by atoms with Crippen molar-refractivity contribution in [3.63, 3.8) is 0 Å². The quantitative estimate of drug-likeness (QED) is 0.777. The molecule has 0 spiro atoms. The van der Waals surface area contributed by atoms with Crippen LogP contribution in [0.1, 0.15) is 6.92 Å². The molecule has 0 aliphatic heterocycles. The number of pyridine rings is 1. The monoisotopic (exact) mass is 188 g/mol. The largest absolute Gasteiger partial charge is 0.397 e. The van der Waals surface area contributed by atoms with Gasteiger partial charge >= 0.3 is 0 Å². The standard InChI is InChI=1S/C10H12N4/c1-2-14-7-6-13-10(14)9-8(11)4-3-5-12-9/h3-7H,2,11H2,1H3. The number of aromatic nitrogens is 3. The Hall–Kier alpha value is -1.84. The summed E-state index contributed by atoms with van der Waals surface area (Å²) in [5.41, 5.74) is 7.23. The number of nitrogens with zero attached hydrogens (tertiary/aromatic N) is 3. The topological polar surface area (TPSA) is 56.7 Å². The first-order valence-electron chi connectivity index (χ1n) is 4.55. The molecule has 0 saturated heterocycles. The van der Waals surface area contributed by atoms with Crippen LogP contribution in [0.2, 0.25) is 0 Å². The fourth-order valence-electron chi connectivity index (χ4n) is 1.39. The van der Waals surface area contributed by atoms with Crippen molar-refractivity contribution >= 4 is 5.69 Å². The molecule has 0 saturated carbocycles. The molecule has 2 rings (SSSR count). The Balaban J connectivity index is 2.54. The Morgan fingerprint density at radius 1 is 1.36 bits per heavy atom. The van der Waals surface area contributed by atoms with Crippen LogP contribution >= 0.6 is 0 Å². The van der Waals surface area contributed by atoms with Gasteiger partial charge in [0.25, 0.3) is 0 Å². The number of rotatable bonds is 2. The Morgan fingerprint density at radius 2 is 2.21 bits per heavy atom. The molecule has 4 nitrogen and oxygen atoms in total. The highest BCUT2D eigenvalue weighted by molar-refractivity contribution is 5.66. The second-order valence-corrected chi connectivity index (χ2v) is 2.98. The number of nitrogen functional groups attached to an aromatic ring is 1. The number of aryl methyl sites for hydroxylation is 1. The van der Waals surface area contributed by atoms with Crippen LogP contribution in [0.15, 0.2) is 30.7 Å². The van der Waals surface area contributed by atoms with Crippen molar-refractivity contribution in [1.29, 1.82) is 0 Å². The smallest absolute Gasteiger partial charge is 0.160 e. The molecule has 2 aromatic rings. The predicted molar refractivity (Wildman–Crippen MR) is 55.5 cm³/mol. The van der Waals surface area contributed by atoms with Gasteiger partial charge in [-0.05, 0) is 19.1 Å². The zero-order valence-corrected chi connectivity index (χ0v) is 8.01. The van der Waals surface area contributed by atoms with E-state index in [0.717, 1.165) is 18.1 Å². The van der Waals surface area contributed by atoms with E-state index in [2.05, 4.69) is 16.9 Å². The van der Waals surface area contributed by atoms with Gasteiger partial charge in [0.1, 0.15) is 5.69 Å². The second-order valence-electron chi connectivity index (χ2n) is 2.98. The van der Waals surface area contributed by atoms with E-state index in [9.17, 15) is 0 Å². The minimum absolute atomic E-state index is 0.661. The molecule has 0 atom stereocenters. The maximum absolute atomic E-state index is 5.82. The lowest BCUT2D eigenvalue weighted by Gasteiger charge is -2.05. The Labute approximate surface area is 82.4 Å². The van der Waals surface area contributed by atoms with Gasteiger partial charge in [0.2, 0.25) is 0 Å². The summed E-state index contributed by atoms with van der Waals surface area (Å²) in [6, 6.07) is 3.65. The fourth-order valence-corrected chi connectivity index (χ4v) is 1.39. The molecule has 0 radical (unpaired) electrons. The molecule has 2 heterocycles. The normalized spacial score (nSPS) is 10.4. The summed E-state index contributed by atoms with van der Waals surface area (Å²) in [4.78, 5) is 8.46. The number of imidazole rings is 1. The molecular formula is C10H12N4. The molecule has 0 aliphatic carbocycles. The molecule has 14 heavy (non-hydrogen) atoms. The van der Waals surface area contributed by atoms with Crippen molar-refractivity contribution in [2.45, 2.75) is 13.5 Å². The molecule has 0 aliphatic rings. The van der Waals surface area contributed by atoms with Gasteiger partial charge in [-0.1, -0.05) is 0 Å². The molecule has 0 amide bonds. The van der Waals surface area contributed by atoms with E-state index in [-0.39, 0.29) is 0 Å². The average molecular weight is 188 g/mol. The number of anilines is 1. The van der Waals surface area contributed by atoms with Crippen LogP contribution in [0.25, 0.3) is 11.5 Å². The lowest BCUT2D eigenvalue weighted by atomic mass is 10.3. The van der Waals surface area contributed by atoms with Crippen molar-refractivity contribution in [3.8, 4) is 11.5 Å². The third-order valence-corrected chi connectivity index (χ3v) is 2.11. The summed E-state index contributed by atoms with van der Waals surface area (Å²) in [5, 5.41) is 0. The SMILES string of the molecule is CCn1ccnc1-c1ncccc1N. The fraction of sp³-hybridized carbons (Fsp3) is 0.200. The van der Waals surface area contributed by atoms with E-state index in [1.807, 2.05) is 22.9 Å². The van der Waals surface area contributed by atoms with Gasteiger partial charge in [-0.25, -0.2) is 4.98 Å². The van der Waals surface area contributed by atoms with Crippen molar-refractivity contribution in [2.75, 3.05) is 5.73 Å². The Bertz CT molecular complexity index is 433. The van der Waals surface area contributed by atoms with E-state index in [1.165, 1.54) is 0 Å². The van der Waals surface area contributed by atoms with E-state index >= 15 is 0 Å². The minimum atomic E-state index is 0.661. The highest BCUT2D eigenvalue weighted by atomic mass is 15.1. The third-order valence-electron chi connectivity index (χ3n) is 2.11. The Kier molecular flexibility index (Phi) is 2.18. The van der Waals surface area contributed by atoms with E-state index in [0.29, 0.717) is 5.69 Å². The molecule has 0 bridgehead atoms. The van der Waals surface area contributed by atoms with Gasteiger partial charge in [0.15, 0.2) is 5.82 Å². The van der Waals surface area contributed by atoms with Crippen LogP contribution in [0.4, 0.5) is 5.69 Å². The highest BCUT2D eigenvalue weighted by Gasteiger charge is 2.08. The molecule has 2 N–H and O–H groups in total. The lowest BCUT2D eigenvalue weighted by Crippen LogP contribution is -2.00. The number of nitrogens with two attached hydrogens (primary N) is 1. The summed E-state index contributed by atoms with van der Waals surface area (Å²) >= 11 is 0. The first kappa shape index (κ1) is 8.74. The zero-order valence-electron chi connectivity index (χ0n) is 8.01. The second kappa shape index (κ2) is 3.49. The van der Waals surface area contributed by atoms with Gasteiger partial charge in [-0.2, -0.15) is 0 Å². The summed E-state index contributed by atoms with van der Waals surface area (Å²) < 4.78 is 2.01. The zero-order chi connectivity index (χ0) is 9.97. The van der Waals surface area contributed by atoms with Crippen LogP contribution < -0.4 is 5.73 Å². The number of hydrogen-bond acceptors (Lipinski definition) is 3. The molecule has 0 unspecified atom stereocenters. The van der Waals surface area contributed by atoms with Crippen LogP contribution in [0, 0.1) is 0 Å². The maximum atomic E-state index is 5.82. The highest BCUT2D eigenvalue weighted by Crippen LogP contribution is 2.20. The van der Waals surface area contributed by atoms with Gasteiger partial charge in [-0.3, -0.25) is 4.98 Å². The maximum Gasteiger partial charge on any atom is 0.160 e. The lowest BCUT2D eigenvalue weighted by molar-refractivity contribution is 0.768. The summed E-state index contributed by atoms with van der Waals surface area (Å²) in [7, 11) is 0. The average Bonchev–Trinajstić information content (AvgIpc) is 2.66. The first-order valence-corrected chi connectivity index (χ1v) is 4.55. The van der Waals surface area contributed by atoms with Gasteiger partial charge in [-0.15, -0.1) is 0 Å². The predicted octanol–water partition coefficient (Wildman–Crippen LogP) is 1.55. The van der Waals surface area contributed by atoms with E-state index in [4.69, 9.17) is 5.73 Å². The summed E-state index contributed by atoms with van der Waals surface area (Å²) in [6.07, 6.45) is 5.40. The van der Waals surface area contributed by atoms with Crippen LogP contribution in [-0.4, -0.2) is 14.5 Å². The third kappa shape index (κ3) is 1.35. The van der Waals surface area contributed by atoms with Gasteiger partial charge in [0, 0.05) is 25.1 Å². The van der Waals surface area contributed by atoms with Gasteiger partial charge in [0.05, 0.1) is 5.69 Å². The van der Waals surface area contributed by atoms with Crippen LogP contribution in [0.5, 0.6) is 0 Å². The number of hydrogen-bond donors (Lipinski definition) is 1. The summed E-state index contributed by atoms with van der Waals surface area (Å²) in [6.45, 7) is 2.93. The summed E-state index contributed by atoms with van der Waals surface area (Å²) in [5.74, 6) is 0.825. The van der Waals surface area contributed by atoms with E-state index < -0.39 is 0 Å². The van der Waals surface area contributed by atoms with Crippen LogP contribution in [0.3, 0.4) is 0 Å².